The summed E-state index contributed by atoms with van der Waals surface area (Å²) in [7, 11) is 0. The Labute approximate surface area is 139 Å². The summed E-state index contributed by atoms with van der Waals surface area (Å²) in [4.78, 5) is 25.8. The summed E-state index contributed by atoms with van der Waals surface area (Å²) in [5, 5.41) is 2.30. The van der Waals surface area contributed by atoms with Crippen LogP contribution < -0.4 is 5.32 Å². The molecule has 1 aromatic rings. The molecule has 0 radical (unpaired) electrons. The molecule has 1 N–H and O–H groups in total. The number of carbonyl (C=O) groups is 2. The lowest BCUT2D eigenvalue weighted by Crippen LogP contribution is -2.41. The van der Waals surface area contributed by atoms with Crippen molar-refractivity contribution in [3.8, 4) is 0 Å². The van der Waals surface area contributed by atoms with Gasteiger partial charge in [-0.15, -0.1) is 0 Å². The van der Waals surface area contributed by atoms with Gasteiger partial charge in [0.05, 0.1) is 5.69 Å². The predicted octanol–water partition coefficient (Wildman–Crippen LogP) is 3.47. The van der Waals surface area contributed by atoms with Crippen LogP contribution in [0.1, 0.15) is 39.0 Å². The average Bonchev–Trinajstić information content (AvgIpc) is 2.60. The fourth-order valence-electron chi connectivity index (χ4n) is 2.73. The smallest absolute Gasteiger partial charge is 0.227 e. The SMILES string of the molecule is CCCCC(=O)N1CCC(C(=O)Nc2ccc(F)c(F)c2F)CC1. The molecule has 2 rings (SSSR count). The number of hydrogen-bond acceptors (Lipinski definition) is 2. The first-order valence-electron chi connectivity index (χ1n) is 8.16. The molecule has 1 saturated heterocycles. The number of piperidine rings is 1. The number of likely N-dealkylation sites (tertiary alicyclic amines) is 1. The van der Waals surface area contributed by atoms with Gasteiger partial charge in [-0.05, 0) is 31.4 Å². The molecule has 0 aliphatic carbocycles. The summed E-state index contributed by atoms with van der Waals surface area (Å²) in [6, 6.07) is 1.76. The Kier molecular flexibility index (Phi) is 6.23. The summed E-state index contributed by atoms with van der Waals surface area (Å²) in [6.07, 6.45) is 3.23. The van der Waals surface area contributed by atoms with Gasteiger partial charge < -0.3 is 10.2 Å². The van der Waals surface area contributed by atoms with Crippen LogP contribution in [0.25, 0.3) is 0 Å². The number of amides is 2. The van der Waals surface area contributed by atoms with Crippen molar-refractivity contribution in [3.05, 3.63) is 29.6 Å². The summed E-state index contributed by atoms with van der Waals surface area (Å²) in [5.74, 6) is -5.06. The number of rotatable bonds is 5. The minimum absolute atomic E-state index is 0.0855. The molecule has 7 heteroatoms. The Balaban J connectivity index is 1.89. The quantitative estimate of drug-likeness (QED) is 0.833. The highest BCUT2D eigenvalue weighted by atomic mass is 19.2. The molecule has 2 amide bonds. The average molecular weight is 342 g/mol. The van der Waals surface area contributed by atoms with Crippen LogP contribution in [0.3, 0.4) is 0 Å². The zero-order valence-electron chi connectivity index (χ0n) is 13.6. The lowest BCUT2D eigenvalue weighted by Gasteiger charge is -2.31. The van der Waals surface area contributed by atoms with E-state index in [1.54, 1.807) is 4.90 Å². The van der Waals surface area contributed by atoms with Gasteiger partial charge in [-0.2, -0.15) is 0 Å². The van der Waals surface area contributed by atoms with E-state index >= 15 is 0 Å². The monoisotopic (exact) mass is 342 g/mol. The summed E-state index contributed by atoms with van der Waals surface area (Å²) < 4.78 is 39.7. The minimum atomic E-state index is -1.61. The van der Waals surface area contributed by atoms with E-state index in [9.17, 15) is 22.8 Å². The maximum Gasteiger partial charge on any atom is 0.227 e. The van der Waals surface area contributed by atoms with Crippen LogP contribution in [-0.4, -0.2) is 29.8 Å². The predicted molar refractivity (Wildman–Crippen MR) is 83.8 cm³/mol. The van der Waals surface area contributed by atoms with Gasteiger partial charge in [0.15, 0.2) is 17.5 Å². The highest BCUT2D eigenvalue weighted by molar-refractivity contribution is 5.92. The fourth-order valence-corrected chi connectivity index (χ4v) is 2.73. The molecular formula is C17H21F3N2O2. The van der Waals surface area contributed by atoms with Crippen molar-refractivity contribution in [2.24, 2.45) is 5.92 Å². The molecule has 0 aromatic heterocycles. The van der Waals surface area contributed by atoms with Gasteiger partial charge in [0, 0.05) is 25.4 Å². The van der Waals surface area contributed by atoms with Crippen molar-refractivity contribution >= 4 is 17.5 Å². The summed E-state index contributed by atoms with van der Waals surface area (Å²) in [6.45, 7) is 2.96. The van der Waals surface area contributed by atoms with Gasteiger partial charge in [0.1, 0.15) is 0 Å². The van der Waals surface area contributed by atoms with Crippen LogP contribution in [0.4, 0.5) is 18.9 Å². The highest BCUT2D eigenvalue weighted by Crippen LogP contribution is 2.23. The number of halogens is 3. The van der Waals surface area contributed by atoms with E-state index in [0.29, 0.717) is 32.4 Å². The Hall–Kier alpha value is -2.05. The molecule has 0 spiro atoms. The number of unbranched alkanes of at least 4 members (excludes halogenated alkanes) is 1. The molecule has 132 valence electrons. The molecule has 1 aliphatic heterocycles. The maximum absolute atomic E-state index is 13.6. The lowest BCUT2D eigenvalue weighted by atomic mass is 9.95. The lowest BCUT2D eigenvalue weighted by molar-refractivity contribution is -0.134. The van der Waals surface area contributed by atoms with Gasteiger partial charge in [-0.3, -0.25) is 9.59 Å². The molecule has 0 saturated carbocycles. The second-order valence-corrected chi connectivity index (χ2v) is 5.97. The van der Waals surface area contributed by atoms with Crippen molar-refractivity contribution in [1.29, 1.82) is 0 Å². The second-order valence-electron chi connectivity index (χ2n) is 5.97. The molecule has 4 nitrogen and oxygen atoms in total. The molecule has 1 heterocycles. The number of benzene rings is 1. The topological polar surface area (TPSA) is 49.4 Å². The first kappa shape index (κ1) is 18.3. The van der Waals surface area contributed by atoms with Crippen LogP contribution in [0, 0.1) is 23.4 Å². The number of anilines is 1. The van der Waals surface area contributed by atoms with Crippen LogP contribution in [0.2, 0.25) is 0 Å². The van der Waals surface area contributed by atoms with Crippen LogP contribution in [-0.2, 0) is 9.59 Å². The third-order valence-electron chi connectivity index (χ3n) is 4.26. The van der Waals surface area contributed by atoms with Gasteiger partial charge >= 0.3 is 0 Å². The summed E-state index contributed by atoms with van der Waals surface area (Å²) >= 11 is 0. The van der Waals surface area contributed by atoms with E-state index in [1.165, 1.54) is 0 Å². The van der Waals surface area contributed by atoms with Crippen LogP contribution >= 0.6 is 0 Å². The Bertz CT molecular complexity index is 614. The normalized spacial score (nSPS) is 15.4. The zero-order chi connectivity index (χ0) is 17.7. The largest absolute Gasteiger partial charge is 0.343 e. The number of carbonyl (C=O) groups excluding carboxylic acids is 2. The second kappa shape index (κ2) is 8.17. The highest BCUT2D eigenvalue weighted by Gasteiger charge is 2.28. The van der Waals surface area contributed by atoms with Crippen molar-refractivity contribution in [1.82, 2.24) is 4.90 Å². The molecule has 0 unspecified atom stereocenters. The van der Waals surface area contributed by atoms with E-state index < -0.39 is 23.4 Å². The van der Waals surface area contributed by atoms with Crippen LogP contribution in [0.15, 0.2) is 12.1 Å². The van der Waals surface area contributed by atoms with E-state index in [1.807, 2.05) is 6.92 Å². The third kappa shape index (κ3) is 4.27. The first-order chi connectivity index (χ1) is 11.4. The van der Waals surface area contributed by atoms with Gasteiger partial charge in [-0.25, -0.2) is 13.2 Å². The molecular weight excluding hydrogens is 321 g/mol. The van der Waals surface area contributed by atoms with E-state index in [0.717, 1.165) is 25.0 Å². The van der Waals surface area contributed by atoms with Crippen molar-refractivity contribution < 1.29 is 22.8 Å². The molecule has 1 aliphatic rings. The first-order valence-corrected chi connectivity index (χ1v) is 8.16. The Morgan fingerprint density at radius 1 is 1.17 bits per heavy atom. The standard InChI is InChI=1S/C17H21F3N2O2/c1-2-3-4-14(23)22-9-7-11(8-10-22)17(24)21-13-6-5-12(18)15(19)16(13)20/h5-6,11H,2-4,7-10H2,1H3,(H,21,24). The Morgan fingerprint density at radius 2 is 1.83 bits per heavy atom. The molecule has 0 bridgehead atoms. The van der Waals surface area contributed by atoms with Crippen molar-refractivity contribution in [2.45, 2.75) is 39.0 Å². The zero-order valence-corrected chi connectivity index (χ0v) is 13.6. The summed E-state index contributed by atoms with van der Waals surface area (Å²) in [5.41, 5.74) is -0.375. The maximum atomic E-state index is 13.6. The van der Waals surface area contributed by atoms with E-state index in [4.69, 9.17) is 0 Å². The van der Waals surface area contributed by atoms with E-state index in [2.05, 4.69) is 5.32 Å². The van der Waals surface area contributed by atoms with Crippen LogP contribution in [0.5, 0.6) is 0 Å². The molecule has 0 atom stereocenters. The van der Waals surface area contributed by atoms with Crippen molar-refractivity contribution in [2.75, 3.05) is 18.4 Å². The Morgan fingerprint density at radius 3 is 2.46 bits per heavy atom. The van der Waals surface area contributed by atoms with Gasteiger partial charge in [0.25, 0.3) is 0 Å². The number of nitrogens with zero attached hydrogens (tertiary/aromatic N) is 1. The minimum Gasteiger partial charge on any atom is -0.343 e. The molecule has 1 aromatic carbocycles. The van der Waals surface area contributed by atoms with Gasteiger partial charge in [0.2, 0.25) is 11.8 Å². The van der Waals surface area contributed by atoms with Crippen molar-refractivity contribution in [3.63, 3.8) is 0 Å². The number of nitrogens with one attached hydrogen (secondary N) is 1. The third-order valence-corrected chi connectivity index (χ3v) is 4.26. The fraction of sp³-hybridized carbons (Fsp3) is 0.529. The van der Waals surface area contributed by atoms with E-state index in [-0.39, 0.29) is 17.5 Å². The number of hydrogen-bond donors (Lipinski definition) is 1. The van der Waals surface area contributed by atoms with Gasteiger partial charge in [-0.1, -0.05) is 13.3 Å². The molecule has 24 heavy (non-hydrogen) atoms. The molecule has 1 fully saturated rings.